The molecule has 1 aliphatic heterocycles. The van der Waals surface area contributed by atoms with Crippen LogP contribution in [0.25, 0.3) is 0 Å². The second kappa shape index (κ2) is 8.09. The smallest absolute Gasteiger partial charge is 0.276 e. The van der Waals surface area contributed by atoms with Crippen molar-refractivity contribution in [2.24, 2.45) is 0 Å². The number of piperazine rings is 1. The predicted molar refractivity (Wildman–Crippen MR) is 98.5 cm³/mol. The van der Waals surface area contributed by atoms with Gasteiger partial charge in [0.15, 0.2) is 5.69 Å². The van der Waals surface area contributed by atoms with Crippen LogP contribution < -0.4 is 5.32 Å². The molecule has 8 heteroatoms. The Morgan fingerprint density at radius 3 is 2.88 bits per heavy atom. The fraction of sp³-hybridized carbons (Fsp3) is 0.438. The summed E-state index contributed by atoms with van der Waals surface area (Å²) in [6.45, 7) is 6.28. The van der Waals surface area contributed by atoms with Crippen molar-refractivity contribution in [3.63, 3.8) is 0 Å². The highest BCUT2D eigenvalue weighted by molar-refractivity contribution is 9.10. The number of aromatic amines is 1. The van der Waals surface area contributed by atoms with Crippen molar-refractivity contribution < 1.29 is 4.79 Å². The molecular formula is C16H21BrClN5O. The molecule has 3 heterocycles. The minimum absolute atomic E-state index is 0. The van der Waals surface area contributed by atoms with Crippen LogP contribution >= 0.6 is 28.3 Å². The number of nitrogens with zero attached hydrogens (tertiary/aromatic N) is 3. The van der Waals surface area contributed by atoms with Gasteiger partial charge in [0, 0.05) is 32.0 Å². The zero-order valence-corrected chi connectivity index (χ0v) is 16.0. The fourth-order valence-corrected chi connectivity index (χ4v) is 3.63. The number of hydrogen-bond acceptors (Lipinski definition) is 4. The van der Waals surface area contributed by atoms with Gasteiger partial charge in [-0.3, -0.25) is 14.9 Å². The maximum Gasteiger partial charge on any atom is 0.276 e. The van der Waals surface area contributed by atoms with Crippen LogP contribution in [-0.4, -0.2) is 45.6 Å². The van der Waals surface area contributed by atoms with E-state index in [1.807, 2.05) is 23.2 Å². The molecule has 0 radical (unpaired) electrons. The molecule has 0 spiro atoms. The van der Waals surface area contributed by atoms with E-state index in [2.05, 4.69) is 50.3 Å². The molecule has 1 aliphatic rings. The Kier molecular flexibility index (Phi) is 6.37. The molecule has 6 nitrogen and oxygen atoms in total. The number of aromatic nitrogens is 3. The summed E-state index contributed by atoms with van der Waals surface area (Å²) in [6.07, 6.45) is 3.56. The second-order valence-electron chi connectivity index (χ2n) is 5.96. The molecule has 0 saturated carbocycles. The lowest BCUT2D eigenvalue weighted by Crippen LogP contribution is -2.48. The topological polar surface area (TPSA) is 73.9 Å². The largest absolute Gasteiger partial charge is 0.328 e. The third-order valence-corrected chi connectivity index (χ3v) is 4.89. The van der Waals surface area contributed by atoms with E-state index in [-0.39, 0.29) is 30.3 Å². The summed E-state index contributed by atoms with van der Waals surface area (Å²) in [7, 11) is 0. The van der Waals surface area contributed by atoms with Crippen LogP contribution in [0.15, 0.2) is 29.0 Å². The van der Waals surface area contributed by atoms with E-state index in [0.717, 1.165) is 28.8 Å². The Bertz CT molecular complexity index is 691. The third-order valence-electron chi connectivity index (χ3n) is 4.09. The standard InChI is InChI=1S/C16H20BrN5O.ClH/c1-10(2)14-13(17)15(21-20-14)16(23)22-7-6-19-9-12(22)11-4-3-5-18-8-11;/h3-5,8,10,12,19H,6-7,9H2,1-2H3,(H,20,21);1H. The van der Waals surface area contributed by atoms with Gasteiger partial charge in [-0.2, -0.15) is 5.10 Å². The summed E-state index contributed by atoms with van der Waals surface area (Å²) in [5.41, 5.74) is 2.43. The molecule has 0 aromatic carbocycles. The third kappa shape index (κ3) is 3.63. The Morgan fingerprint density at radius 1 is 1.46 bits per heavy atom. The van der Waals surface area contributed by atoms with E-state index in [1.54, 1.807) is 6.20 Å². The van der Waals surface area contributed by atoms with Gasteiger partial charge in [-0.1, -0.05) is 19.9 Å². The molecule has 0 aliphatic carbocycles. The summed E-state index contributed by atoms with van der Waals surface area (Å²) in [4.78, 5) is 19.1. The Balaban J connectivity index is 0.00000208. The predicted octanol–water partition coefficient (Wildman–Crippen LogP) is 2.90. The molecule has 1 fully saturated rings. The normalized spacial score (nSPS) is 17.7. The van der Waals surface area contributed by atoms with E-state index in [1.165, 1.54) is 0 Å². The first-order chi connectivity index (χ1) is 11.1. The van der Waals surface area contributed by atoms with Gasteiger partial charge >= 0.3 is 0 Å². The summed E-state index contributed by atoms with van der Waals surface area (Å²) in [5.74, 6) is 0.214. The van der Waals surface area contributed by atoms with E-state index < -0.39 is 0 Å². The van der Waals surface area contributed by atoms with Crippen molar-refractivity contribution >= 4 is 34.2 Å². The second-order valence-corrected chi connectivity index (χ2v) is 6.75. The number of carbonyl (C=O) groups is 1. The number of H-pyrrole nitrogens is 1. The first kappa shape index (κ1) is 18.9. The molecule has 3 rings (SSSR count). The van der Waals surface area contributed by atoms with Crippen LogP contribution in [0.3, 0.4) is 0 Å². The molecule has 0 bridgehead atoms. The van der Waals surface area contributed by atoms with Gasteiger partial charge in [0.05, 0.1) is 16.2 Å². The van der Waals surface area contributed by atoms with Crippen LogP contribution in [0, 0.1) is 0 Å². The number of carbonyl (C=O) groups excluding carboxylic acids is 1. The molecule has 1 atom stereocenters. The minimum atomic E-state index is -0.0598. The van der Waals surface area contributed by atoms with Gasteiger partial charge < -0.3 is 10.2 Å². The lowest BCUT2D eigenvalue weighted by atomic mass is 10.0. The highest BCUT2D eigenvalue weighted by atomic mass is 79.9. The van der Waals surface area contributed by atoms with E-state index >= 15 is 0 Å². The summed E-state index contributed by atoms with van der Waals surface area (Å²) < 4.78 is 0.765. The van der Waals surface area contributed by atoms with Crippen LogP contribution in [-0.2, 0) is 0 Å². The van der Waals surface area contributed by atoms with Crippen molar-refractivity contribution in [3.05, 3.63) is 46.0 Å². The molecule has 1 amide bonds. The number of amides is 1. The van der Waals surface area contributed by atoms with Gasteiger partial charge in [-0.25, -0.2) is 0 Å². The van der Waals surface area contributed by atoms with E-state index in [4.69, 9.17) is 0 Å². The van der Waals surface area contributed by atoms with Crippen LogP contribution in [0.5, 0.6) is 0 Å². The van der Waals surface area contributed by atoms with Crippen molar-refractivity contribution in [1.82, 2.24) is 25.4 Å². The molecule has 24 heavy (non-hydrogen) atoms. The van der Waals surface area contributed by atoms with Gasteiger partial charge in [0.1, 0.15) is 0 Å². The van der Waals surface area contributed by atoms with Crippen molar-refractivity contribution in [2.75, 3.05) is 19.6 Å². The quantitative estimate of drug-likeness (QED) is 0.810. The molecule has 2 aromatic rings. The monoisotopic (exact) mass is 413 g/mol. The first-order valence-corrected chi connectivity index (χ1v) is 8.54. The number of halogens is 2. The SMILES string of the molecule is CC(C)c1[nH]nc(C(=O)N2CCNCC2c2cccnc2)c1Br.Cl. The Labute approximate surface area is 156 Å². The number of pyridine rings is 1. The first-order valence-electron chi connectivity index (χ1n) is 7.75. The molecule has 2 N–H and O–H groups in total. The summed E-state index contributed by atoms with van der Waals surface area (Å²) in [6, 6.07) is 3.87. The lowest BCUT2D eigenvalue weighted by Gasteiger charge is -2.36. The van der Waals surface area contributed by atoms with Gasteiger partial charge in [-0.05, 0) is 33.5 Å². The highest BCUT2D eigenvalue weighted by Crippen LogP contribution is 2.29. The average Bonchev–Trinajstić information content (AvgIpc) is 2.97. The maximum absolute atomic E-state index is 13.0. The van der Waals surface area contributed by atoms with Gasteiger partial charge in [-0.15, -0.1) is 12.4 Å². The summed E-state index contributed by atoms with van der Waals surface area (Å²) >= 11 is 3.53. The lowest BCUT2D eigenvalue weighted by molar-refractivity contribution is 0.0627. The van der Waals surface area contributed by atoms with E-state index in [9.17, 15) is 4.79 Å². The van der Waals surface area contributed by atoms with E-state index in [0.29, 0.717) is 12.2 Å². The molecule has 2 aromatic heterocycles. The average molecular weight is 415 g/mol. The summed E-state index contributed by atoms with van der Waals surface area (Å²) in [5, 5.41) is 10.6. The zero-order chi connectivity index (χ0) is 16.4. The fourth-order valence-electron chi connectivity index (χ4n) is 2.82. The van der Waals surface area contributed by atoms with Gasteiger partial charge in [0.25, 0.3) is 5.91 Å². The van der Waals surface area contributed by atoms with Crippen molar-refractivity contribution in [3.8, 4) is 0 Å². The minimum Gasteiger partial charge on any atom is -0.328 e. The zero-order valence-electron chi connectivity index (χ0n) is 13.6. The van der Waals surface area contributed by atoms with Crippen molar-refractivity contribution in [2.45, 2.75) is 25.8 Å². The van der Waals surface area contributed by atoms with Crippen LogP contribution in [0.1, 0.15) is 47.6 Å². The molecule has 1 unspecified atom stereocenters. The Morgan fingerprint density at radius 2 is 2.25 bits per heavy atom. The number of hydrogen-bond donors (Lipinski definition) is 2. The highest BCUT2D eigenvalue weighted by Gasteiger charge is 2.31. The molecular weight excluding hydrogens is 394 g/mol. The molecule has 130 valence electrons. The van der Waals surface area contributed by atoms with Crippen LogP contribution in [0.2, 0.25) is 0 Å². The van der Waals surface area contributed by atoms with Crippen molar-refractivity contribution in [1.29, 1.82) is 0 Å². The number of rotatable bonds is 3. The molecule has 1 saturated heterocycles. The van der Waals surface area contributed by atoms with Crippen LogP contribution in [0.4, 0.5) is 0 Å². The maximum atomic E-state index is 13.0. The van der Waals surface area contributed by atoms with Gasteiger partial charge in [0.2, 0.25) is 0 Å². The Hall–Kier alpha value is -1.44. The number of nitrogens with one attached hydrogen (secondary N) is 2.